The zero-order chi connectivity index (χ0) is 9.73. The van der Waals surface area contributed by atoms with Crippen LogP contribution in [-0.4, -0.2) is 31.0 Å². The van der Waals surface area contributed by atoms with E-state index in [4.69, 9.17) is 4.55 Å². The predicted molar refractivity (Wildman–Crippen MR) is 50.5 cm³/mol. The Kier molecular flexibility index (Phi) is 3.19. The summed E-state index contributed by atoms with van der Waals surface area (Å²) in [5, 5.41) is 0. The molecule has 0 aromatic rings. The normalized spacial score (nSPS) is 18.4. The van der Waals surface area contributed by atoms with Gasteiger partial charge in [0.2, 0.25) is 0 Å². The van der Waals surface area contributed by atoms with Crippen LogP contribution in [0.2, 0.25) is 0 Å². The molecule has 4 nitrogen and oxygen atoms in total. The maximum Gasteiger partial charge on any atom is 0.266 e. The van der Waals surface area contributed by atoms with E-state index in [2.05, 4.69) is 10.7 Å². The lowest BCUT2D eigenvalue weighted by molar-refractivity contribution is 0.483. The molecule has 0 saturated heterocycles. The van der Waals surface area contributed by atoms with Gasteiger partial charge in [0.25, 0.3) is 10.1 Å². The van der Waals surface area contributed by atoms with Crippen molar-refractivity contribution in [2.75, 3.05) is 12.3 Å². The van der Waals surface area contributed by atoms with Crippen LogP contribution in [0.5, 0.6) is 0 Å². The predicted octanol–water partition coefficient (Wildman–Crippen LogP) is 0.596. The Morgan fingerprint density at radius 2 is 2.31 bits per heavy atom. The second kappa shape index (κ2) is 4.18. The summed E-state index contributed by atoms with van der Waals surface area (Å²) in [4.78, 5) is 3.92. The quantitative estimate of drug-likeness (QED) is 0.534. The van der Waals surface area contributed by atoms with Gasteiger partial charge >= 0.3 is 0 Å². The number of hydrogen-bond donors (Lipinski definition) is 1. The molecule has 0 unspecified atom stereocenters. The Bertz CT molecular complexity index is 397. The van der Waals surface area contributed by atoms with Crippen molar-refractivity contribution in [1.82, 2.24) is 0 Å². The summed E-state index contributed by atoms with van der Waals surface area (Å²) in [6.45, 7) is 0.0662. The summed E-state index contributed by atoms with van der Waals surface area (Å²) < 4.78 is 29.0. The molecular weight excluding hydrogens is 190 g/mol. The number of aliphatic imine (C=N–C) groups is 1. The van der Waals surface area contributed by atoms with Gasteiger partial charge in [-0.15, -0.1) is 5.73 Å². The standard InChI is InChI=1S/C8H9NO3S/c10-13(11,12)7-6-9-8-4-2-1-3-5-8/h1-2,4-5H,6-7H2,(H,10,11,12). The molecule has 0 heterocycles. The molecule has 0 amide bonds. The van der Waals surface area contributed by atoms with E-state index < -0.39 is 10.1 Å². The van der Waals surface area contributed by atoms with Crippen molar-refractivity contribution in [3.05, 3.63) is 30.0 Å². The molecule has 0 saturated carbocycles. The molecule has 70 valence electrons. The number of hydrogen-bond acceptors (Lipinski definition) is 3. The van der Waals surface area contributed by atoms with Gasteiger partial charge in [-0.2, -0.15) is 8.42 Å². The summed E-state index contributed by atoms with van der Waals surface area (Å²) in [6, 6.07) is 0. The number of rotatable bonds is 3. The molecule has 0 spiro atoms. The van der Waals surface area contributed by atoms with Gasteiger partial charge in [0.15, 0.2) is 0 Å². The minimum absolute atomic E-state index is 0.0662. The molecule has 0 radical (unpaired) electrons. The molecule has 5 heteroatoms. The van der Waals surface area contributed by atoms with E-state index >= 15 is 0 Å². The Balaban J connectivity index is 2.51. The minimum atomic E-state index is -3.90. The van der Waals surface area contributed by atoms with Crippen molar-refractivity contribution < 1.29 is 13.0 Å². The van der Waals surface area contributed by atoms with Crippen LogP contribution in [0, 0.1) is 0 Å². The van der Waals surface area contributed by atoms with Crippen molar-refractivity contribution in [1.29, 1.82) is 0 Å². The molecule has 1 N–H and O–H groups in total. The maximum absolute atomic E-state index is 10.3. The van der Waals surface area contributed by atoms with Gasteiger partial charge < -0.3 is 0 Å². The summed E-state index contributed by atoms with van der Waals surface area (Å²) in [6.07, 6.45) is 6.86. The third-order valence-electron chi connectivity index (χ3n) is 1.33. The second-order valence-electron chi connectivity index (χ2n) is 2.43. The van der Waals surface area contributed by atoms with Crippen LogP contribution in [0.4, 0.5) is 0 Å². The molecule has 1 aliphatic carbocycles. The van der Waals surface area contributed by atoms with Gasteiger partial charge in [0.1, 0.15) is 0 Å². The van der Waals surface area contributed by atoms with Gasteiger partial charge in [-0.25, -0.2) is 0 Å². The van der Waals surface area contributed by atoms with Gasteiger partial charge in [-0.05, 0) is 12.2 Å². The summed E-state index contributed by atoms with van der Waals surface area (Å²) in [5.74, 6) is -0.345. The lowest BCUT2D eigenvalue weighted by Gasteiger charge is -1.95. The summed E-state index contributed by atoms with van der Waals surface area (Å²) in [7, 11) is -3.90. The van der Waals surface area contributed by atoms with Crippen LogP contribution < -0.4 is 0 Å². The fourth-order valence-electron chi connectivity index (χ4n) is 0.772. The average Bonchev–Trinajstić information content (AvgIpc) is 2.04. The molecule has 1 aliphatic rings. The lowest BCUT2D eigenvalue weighted by atomic mass is 10.2. The Labute approximate surface area is 76.7 Å². The zero-order valence-corrected chi connectivity index (χ0v) is 7.66. The topological polar surface area (TPSA) is 66.7 Å². The molecule has 1 rings (SSSR count). The van der Waals surface area contributed by atoms with Crippen LogP contribution in [0.25, 0.3) is 0 Å². The van der Waals surface area contributed by atoms with E-state index in [1.807, 2.05) is 0 Å². The third-order valence-corrected chi connectivity index (χ3v) is 2.03. The van der Waals surface area contributed by atoms with Gasteiger partial charge in [-0.1, -0.05) is 6.08 Å². The molecule has 0 aromatic heterocycles. The van der Waals surface area contributed by atoms with E-state index in [-0.39, 0.29) is 12.3 Å². The highest BCUT2D eigenvalue weighted by Crippen LogP contribution is 1.92. The Hall–Kier alpha value is -1.16. The van der Waals surface area contributed by atoms with Crippen molar-refractivity contribution in [3.8, 4) is 0 Å². The smallest absolute Gasteiger partial charge is 0.266 e. The third kappa shape index (κ3) is 4.42. The van der Waals surface area contributed by atoms with Crippen LogP contribution in [-0.2, 0) is 10.1 Å². The van der Waals surface area contributed by atoms with Gasteiger partial charge in [-0.3, -0.25) is 9.55 Å². The molecule has 0 aromatic carbocycles. The molecule has 13 heavy (non-hydrogen) atoms. The number of nitrogens with zero attached hydrogens (tertiary/aromatic N) is 1. The monoisotopic (exact) mass is 199 g/mol. The Morgan fingerprint density at radius 1 is 1.54 bits per heavy atom. The van der Waals surface area contributed by atoms with Gasteiger partial charge in [0, 0.05) is 6.08 Å². The molecule has 0 bridgehead atoms. The Morgan fingerprint density at radius 3 is 2.85 bits per heavy atom. The first-order valence-electron chi connectivity index (χ1n) is 3.67. The number of allylic oxidation sites excluding steroid dienone is 3. The largest absolute Gasteiger partial charge is 0.285 e. The fraction of sp³-hybridized carbons (Fsp3) is 0.250. The molecule has 0 aliphatic heterocycles. The highest BCUT2D eigenvalue weighted by atomic mass is 32.2. The first kappa shape index (κ1) is 9.92. The SMILES string of the molecule is O=S(=O)(O)CCN=C1C=C=CC=C1. The fourth-order valence-corrected chi connectivity index (χ4v) is 1.09. The van der Waals surface area contributed by atoms with Crippen molar-refractivity contribution in [2.24, 2.45) is 4.99 Å². The molecule has 0 atom stereocenters. The van der Waals surface area contributed by atoms with E-state index in [0.29, 0.717) is 5.71 Å². The lowest BCUT2D eigenvalue weighted by Crippen LogP contribution is -2.07. The summed E-state index contributed by atoms with van der Waals surface area (Å²) >= 11 is 0. The van der Waals surface area contributed by atoms with Crippen LogP contribution >= 0.6 is 0 Å². The van der Waals surface area contributed by atoms with E-state index in [1.54, 1.807) is 24.3 Å². The van der Waals surface area contributed by atoms with E-state index in [0.717, 1.165) is 0 Å². The first-order chi connectivity index (χ1) is 6.08. The van der Waals surface area contributed by atoms with Gasteiger partial charge in [0.05, 0.1) is 18.0 Å². The second-order valence-corrected chi connectivity index (χ2v) is 4.00. The van der Waals surface area contributed by atoms with Crippen LogP contribution in [0.1, 0.15) is 0 Å². The van der Waals surface area contributed by atoms with Crippen molar-refractivity contribution in [3.63, 3.8) is 0 Å². The van der Waals surface area contributed by atoms with Crippen LogP contribution in [0.3, 0.4) is 0 Å². The van der Waals surface area contributed by atoms with E-state index in [1.165, 1.54) is 0 Å². The highest BCUT2D eigenvalue weighted by Gasteiger charge is 2.02. The van der Waals surface area contributed by atoms with Crippen LogP contribution in [0.15, 0.2) is 35.0 Å². The molecule has 0 fully saturated rings. The average molecular weight is 199 g/mol. The minimum Gasteiger partial charge on any atom is -0.285 e. The summed E-state index contributed by atoms with van der Waals surface area (Å²) in [5.41, 5.74) is 3.46. The van der Waals surface area contributed by atoms with E-state index in [9.17, 15) is 8.42 Å². The zero-order valence-electron chi connectivity index (χ0n) is 6.84. The highest BCUT2D eigenvalue weighted by molar-refractivity contribution is 7.85. The molecular formula is C8H9NO3S. The first-order valence-corrected chi connectivity index (χ1v) is 5.27. The van der Waals surface area contributed by atoms with Crippen molar-refractivity contribution >= 4 is 15.8 Å². The van der Waals surface area contributed by atoms with Crippen molar-refractivity contribution in [2.45, 2.75) is 0 Å². The maximum atomic E-state index is 10.3.